The summed E-state index contributed by atoms with van der Waals surface area (Å²) in [5.41, 5.74) is 1.19. The Labute approximate surface area is 151 Å². The van der Waals surface area contributed by atoms with Gasteiger partial charge in [-0.25, -0.2) is 4.79 Å². The summed E-state index contributed by atoms with van der Waals surface area (Å²) >= 11 is 0. The highest BCUT2D eigenvalue weighted by Gasteiger charge is 2.39. The SMILES string of the molecule is CC(C)(C)OC(=O)NC1(c2cccc(C(C)(C)C)c2)CCC(=O)CC1. The van der Waals surface area contributed by atoms with Crippen molar-refractivity contribution in [3.05, 3.63) is 35.4 Å². The van der Waals surface area contributed by atoms with Crippen molar-refractivity contribution in [2.24, 2.45) is 0 Å². The van der Waals surface area contributed by atoms with Crippen LogP contribution in [0.25, 0.3) is 0 Å². The molecule has 0 atom stereocenters. The van der Waals surface area contributed by atoms with Gasteiger partial charge in [-0.15, -0.1) is 0 Å². The summed E-state index contributed by atoms with van der Waals surface area (Å²) in [7, 11) is 0. The number of alkyl carbamates (subject to hydrolysis) is 1. The number of ketones is 1. The van der Waals surface area contributed by atoms with Gasteiger partial charge in [-0.3, -0.25) is 4.79 Å². The van der Waals surface area contributed by atoms with Gasteiger partial charge < -0.3 is 10.1 Å². The molecule has 0 bridgehead atoms. The van der Waals surface area contributed by atoms with Gasteiger partial charge in [0.2, 0.25) is 0 Å². The van der Waals surface area contributed by atoms with Gasteiger partial charge in [0.25, 0.3) is 0 Å². The molecule has 0 unspecified atom stereocenters. The molecule has 1 fully saturated rings. The second kappa shape index (κ2) is 6.81. The van der Waals surface area contributed by atoms with E-state index in [1.165, 1.54) is 5.56 Å². The van der Waals surface area contributed by atoms with Gasteiger partial charge in [0.15, 0.2) is 0 Å². The lowest BCUT2D eigenvalue weighted by atomic mass is 9.74. The Bertz CT molecular complexity index is 640. The number of hydrogen-bond acceptors (Lipinski definition) is 3. The summed E-state index contributed by atoms with van der Waals surface area (Å²) in [6, 6.07) is 8.35. The largest absolute Gasteiger partial charge is 0.444 e. The van der Waals surface area contributed by atoms with Crippen LogP contribution >= 0.6 is 0 Å². The van der Waals surface area contributed by atoms with Crippen molar-refractivity contribution in [1.82, 2.24) is 5.32 Å². The molecule has 1 amide bonds. The number of ether oxygens (including phenoxy) is 1. The number of benzene rings is 1. The fraction of sp³-hybridized carbons (Fsp3) is 0.619. The van der Waals surface area contributed by atoms with Crippen molar-refractivity contribution in [1.29, 1.82) is 0 Å². The maximum absolute atomic E-state index is 12.5. The van der Waals surface area contributed by atoms with Crippen molar-refractivity contribution in [2.45, 2.75) is 83.8 Å². The summed E-state index contributed by atoms with van der Waals surface area (Å²) in [5, 5.41) is 3.09. The second-order valence-electron chi connectivity index (χ2n) is 9.08. The van der Waals surface area contributed by atoms with Gasteiger partial charge in [0.05, 0.1) is 5.54 Å². The molecule has 1 N–H and O–H groups in total. The summed E-state index contributed by atoms with van der Waals surface area (Å²) in [6.45, 7) is 12.1. The van der Waals surface area contributed by atoms with E-state index in [0.29, 0.717) is 25.7 Å². The van der Waals surface area contributed by atoms with Gasteiger partial charge in [0, 0.05) is 12.8 Å². The number of Topliss-reactive ketones (excluding diaryl/α,β-unsaturated/α-hetero) is 1. The molecular formula is C21H31NO3. The van der Waals surface area contributed by atoms with Crippen LogP contribution in [-0.2, 0) is 20.5 Å². The smallest absolute Gasteiger partial charge is 0.408 e. The molecule has 2 rings (SSSR count). The van der Waals surface area contributed by atoms with Crippen LogP contribution in [0.1, 0.15) is 78.4 Å². The van der Waals surface area contributed by atoms with Crippen molar-refractivity contribution in [3.8, 4) is 0 Å². The zero-order valence-electron chi connectivity index (χ0n) is 16.4. The number of nitrogens with one attached hydrogen (secondary N) is 1. The third-order valence-electron chi connectivity index (χ3n) is 4.68. The van der Waals surface area contributed by atoms with Crippen LogP contribution in [0, 0.1) is 0 Å². The van der Waals surface area contributed by atoms with Crippen LogP contribution < -0.4 is 5.32 Å². The van der Waals surface area contributed by atoms with Gasteiger partial charge in [-0.1, -0.05) is 45.0 Å². The first-order chi connectivity index (χ1) is 11.4. The summed E-state index contributed by atoms with van der Waals surface area (Å²) in [6.07, 6.45) is 1.76. The predicted molar refractivity (Wildman–Crippen MR) is 99.7 cm³/mol. The first-order valence-electron chi connectivity index (χ1n) is 9.05. The van der Waals surface area contributed by atoms with Crippen LogP contribution in [0.15, 0.2) is 24.3 Å². The number of carbonyl (C=O) groups is 2. The van der Waals surface area contributed by atoms with Gasteiger partial charge in [-0.2, -0.15) is 0 Å². The summed E-state index contributed by atoms with van der Waals surface area (Å²) < 4.78 is 5.48. The van der Waals surface area contributed by atoms with Crippen LogP contribution in [0.3, 0.4) is 0 Å². The molecule has 138 valence electrons. The second-order valence-corrected chi connectivity index (χ2v) is 9.08. The van der Waals surface area contributed by atoms with Crippen molar-refractivity contribution in [2.75, 3.05) is 0 Å². The number of carbonyl (C=O) groups excluding carboxylic acids is 2. The summed E-state index contributed by atoms with van der Waals surface area (Å²) in [4.78, 5) is 24.2. The van der Waals surface area contributed by atoms with Crippen molar-refractivity contribution < 1.29 is 14.3 Å². The molecule has 0 aliphatic heterocycles. The van der Waals surface area contributed by atoms with E-state index in [-0.39, 0.29) is 11.2 Å². The third kappa shape index (κ3) is 5.07. The van der Waals surface area contributed by atoms with E-state index in [2.05, 4.69) is 38.2 Å². The highest BCUT2D eigenvalue weighted by atomic mass is 16.6. The zero-order chi connectivity index (χ0) is 18.9. The lowest BCUT2D eigenvalue weighted by Crippen LogP contribution is -2.50. The molecule has 1 aliphatic rings. The molecule has 1 aromatic rings. The summed E-state index contributed by atoms with van der Waals surface area (Å²) in [5.74, 6) is 0.258. The van der Waals surface area contributed by atoms with Crippen molar-refractivity contribution in [3.63, 3.8) is 0 Å². The molecule has 4 heteroatoms. The van der Waals surface area contributed by atoms with Crippen LogP contribution in [-0.4, -0.2) is 17.5 Å². The Morgan fingerprint density at radius 3 is 2.20 bits per heavy atom. The van der Waals surface area contributed by atoms with E-state index in [4.69, 9.17) is 4.74 Å². The minimum atomic E-state index is -0.553. The molecule has 0 aromatic heterocycles. The van der Waals surface area contributed by atoms with Crippen LogP contribution in [0.2, 0.25) is 0 Å². The standard InChI is InChI=1S/C21H31NO3/c1-19(2,3)15-8-7-9-16(14-15)21(12-10-17(23)11-13-21)22-18(24)25-20(4,5)6/h7-9,14H,10-13H2,1-6H3,(H,22,24). The Morgan fingerprint density at radius 2 is 1.68 bits per heavy atom. The molecule has 25 heavy (non-hydrogen) atoms. The number of rotatable bonds is 2. The molecule has 0 radical (unpaired) electrons. The minimum Gasteiger partial charge on any atom is -0.444 e. The fourth-order valence-corrected chi connectivity index (χ4v) is 3.22. The molecule has 1 aliphatic carbocycles. The first kappa shape index (κ1) is 19.5. The number of amides is 1. The van der Waals surface area contributed by atoms with Crippen LogP contribution in [0.5, 0.6) is 0 Å². The van der Waals surface area contributed by atoms with E-state index in [1.807, 2.05) is 32.9 Å². The first-order valence-corrected chi connectivity index (χ1v) is 9.05. The van der Waals surface area contributed by atoms with Crippen LogP contribution in [0.4, 0.5) is 4.79 Å². The van der Waals surface area contributed by atoms with E-state index >= 15 is 0 Å². The van der Waals surface area contributed by atoms with E-state index in [0.717, 1.165) is 5.56 Å². The topological polar surface area (TPSA) is 55.4 Å². The molecule has 4 nitrogen and oxygen atoms in total. The fourth-order valence-electron chi connectivity index (χ4n) is 3.22. The van der Waals surface area contributed by atoms with E-state index in [1.54, 1.807) is 0 Å². The van der Waals surface area contributed by atoms with Gasteiger partial charge in [-0.05, 0) is 50.2 Å². The highest BCUT2D eigenvalue weighted by molar-refractivity contribution is 5.80. The minimum absolute atomic E-state index is 0.0214. The lowest BCUT2D eigenvalue weighted by molar-refractivity contribution is -0.121. The maximum atomic E-state index is 12.5. The average molecular weight is 345 g/mol. The van der Waals surface area contributed by atoms with Gasteiger partial charge >= 0.3 is 6.09 Å². The van der Waals surface area contributed by atoms with E-state index < -0.39 is 17.2 Å². The molecule has 1 saturated carbocycles. The third-order valence-corrected chi connectivity index (χ3v) is 4.68. The molecule has 1 aromatic carbocycles. The monoisotopic (exact) mass is 345 g/mol. The molecule has 0 spiro atoms. The highest BCUT2D eigenvalue weighted by Crippen LogP contribution is 2.38. The quantitative estimate of drug-likeness (QED) is 0.834. The molecular weight excluding hydrogens is 314 g/mol. The maximum Gasteiger partial charge on any atom is 0.408 e. The molecule has 0 heterocycles. The average Bonchev–Trinajstić information content (AvgIpc) is 2.47. The van der Waals surface area contributed by atoms with Gasteiger partial charge in [0.1, 0.15) is 11.4 Å². The Hall–Kier alpha value is -1.84. The normalized spacial score (nSPS) is 17.9. The number of hydrogen-bond donors (Lipinski definition) is 1. The van der Waals surface area contributed by atoms with Crippen molar-refractivity contribution >= 4 is 11.9 Å². The predicted octanol–water partition coefficient (Wildman–Crippen LogP) is 4.85. The Kier molecular flexibility index (Phi) is 5.31. The Morgan fingerprint density at radius 1 is 1.08 bits per heavy atom. The zero-order valence-corrected chi connectivity index (χ0v) is 16.4. The molecule has 0 saturated heterocycles. The van der Waals surface area contributed by atoms with E-state index in [9.17, 15) is 9.59 Å². The Balaban J connectivity index is 2.36. The lowest BCUT2D eigenvalue weighted by Gasteiger charge is -2.39.